The Morgan fingerprint density at radius 2 is 2.17 bits per heavy atom. The van der Waals surface area contributed by atoms with Crippen molar-refractivity contribution < 1.29 is 18.3 Å². The summed E-state index contributed by atoms with van der Waals surface area (Å²) in [6.45, 7) is 3.69. The Morgan fingerprint density at radius 1 is 1.38 bits per heavy atom. The number of amides is 2. The number of aromatic nitrogens is 1. The van der Waals surface area contributed by atoms with Crippen molar-refractivity contribution in [2.75, 3.05) is 39.8 Å². The van der Waals surface area contributed by atoms with Crippen molar-refractivity contribution in [3.63, 3.8) is 0 Å². The van der Waals surface area contributed by atoms with Crippen molar-refractivity contribution in [2.24, 2.45) is 0 Å². The van der Waals surface area contributed by atoms with E-state index in [9.17, 15) is 13.6 Å². The van der Waals surface area contributed by atoms with Crippen LogP contribution >= 0.6 is 0 Å². The maximum Gasteiger partial charge on any atom is 0.317 e. The van der Waals surface area contributed by atoms with Gasteiger partial charge in [0.05, 0.1) is 25.9 Å². The van der Waals surface area contributed by atoms with Crippen LogP contribution in [-0.2, 0) is 0 Å². The largest absolute Gasteiger partial charge is 0.495 e. The SMILES string of the molecule is COc1cnccc1[C@@H](C)NC(=O)N1CCCN(CC(F)F)CC1. The number of rotatable bonds is 5. The van der Waals surface area contributed by atoms with Gasteiger partial charge in [0.25, 0.3) is 6.43 Å². The molecule has 0 aromatic carbocycles. The molecule has 1 saturated heterocycles. The van der Waals surface area contributed by atoms with Crippen molar-refractivity contribution in [2.45, 2.75) is 25.8 Å². The number of ether oxygens (including phenoxy) is 1. The molecule has 24 heavy (non-hydrogen) atoms. The Morgan fingerprint density at radius 3 is 2.88 bits per heavy atom. The zero-order chi connectivity index (χ0) is 17.5. The third kappa shape index (κ3) is 5.02. The average molecular weight is 342 g/mol. The second kappa shape index (κ2) is 8.77. The second-order valence-electron chi connectivity index (χ2n) is 5.82. The molecule has 0 saturated carbocycles. The van der Waals surface area contributed by atoms with Crippen LogP contribution in [0, 0.1) is 0 Å². The molecule has 1 aromatic heterocycles. The standard InChI is InChI=1S/C16H24F2N4O2/c1-12(13-4-5-19-10-14(13)24-2)20-16(23)22-7-3-6-21(8-9-22)11-15(17)18/h4-5,10,12,15H,3,6-9,11H2,1-2H3,(H,20,23)/t12-/m1/s1. The van der Waals surface area contributed by atoms with Crippen molar-refractivity contribution in [3.8, 4) is 5.75 Å². The lowest BCUT2D eigenvalue weighted by Gasteiger charge is -2.25. The molecule has 6 nitrogen and oxygen atoms in total. The van der Waals surface area contributed by atoms with Gasteiger partial charge in [-0.1, -0.05) is 0 Å². The molecular formula is C16H24F2N4O2. The number of nitrogens with one attached hydrogen (secondary N) is 1. The molecule has 1 aromatic rings. The van der Waals surface area contributed by atoms with Gasteiger partial charge in [-0.15, -0.1) is 0 Å². The highest BCUT2D eigenvalue weighted by Crippen LogP contribution is 2.23. The average Bonchev–Trinajstić information content (AvgIpc) is 2.79. The number of nitrogens with zero attached hydrogens (tertiary/aromatic N) is 3. The molecule has 1 fully saturated rings. The lowest BCUT2D eigenvalue weighted by Crippen LogP contribution is -2.43. The van der Waals surface area contributed by atoms with Gasteiger partial charge in [0.2, 0.25) is 0 Å². The predicted molar refractivity (Wildman–Crippen MR) is 86.4 cm³/mol. The Hall–Kier alpha value is -1.96. The maximum absolute atomic E-state index is 12.5. The molecule has 0 aliphatic carbocycles. The highest BCUT2D eigenvalue weighted by Gasteiger charge is 2.22. The predicted octanol–water partition coefficient (Wildman–Crippen LogP) is 2.13. The first kappa shape index (κ1) is 18.4. The van der Waals surface area contributed by atoms with E-state index in [0.717, 1.165) is 5.56 Å². The van der Waals surface area contributed by atoms with Crippen LogP contribution < -0.4 is 10.1 Å². The second-order valence-corrected chi connectivity index (χ2v) is 5.82. The van der Waals surface area contributed by atoms with Crippen LogP contribution in [0.25, 0.3) is 0 Å². The van der Waals surface area contributed by atoms with Gasteiger partial charge in [-0.25, -0.2) is 13.6 Å². The molecule has 1 N–H and O–H groups in total. The number of carbonyl (C=O) groups excluding carboxylic acids is 1. The fourth-order valence-electron chi connectivity index (χ4n) is 2.83. The Kier molecular flexibility index (Phi) is 6.72. The van der Waals surface area contributed by atoms with Gasteiger partial charge in [-0.3, -0.25) is 9.88 Å². The number of hydrogen-bond donors (Lipinski definition) is 1. The van der Waals surface area contributed by atoms with Gasteiger partial charge in [0, 0.05) is 37.9 Å². The van der Waals surface area contributed by atoms with Gasteiger partial charge >= 0.3 is 6.03 Å². The summed E-state index contributed by atoms with van der Waals surface area (Å²) in [7, 11) is 1.56. The number of hydrogen-bond acceptors (Lipinski definition) is 4. The molecule has 0 bridgehead atoms. The molecule has 1 atom stereocenters. The minimum absolute atomic E-state index is 0.194. The Balaban J connectivity index is 1.92. The van der Waals surface area contributed by atoms with E-state index in [1.54, 1.807) is 35.4 Å². The van der Waals surface area contributed by atoms with E-state index < -0.39 is 6.43 Å². The van der Waals surface area contributed by atoms with Crippen LogP contribution in [0.5, 0.6) is 5.75 Å². The number of alkyl halides is 2. The monoisotopic (exact) mass is 342 g/mol. The molecule has 8 heteroatoms. The Labute approximate surface area is 140 Å². The normalized spacial score (nSPS) is 17.5. The lowest BCUT2D eigenvalue weighted by molar-refractivity contribution is 0.0903. The quantitative estimate of drug-likeness (QED) is 0.891. The molecule has 2 amide bonds. The zero-order valence-corrected chi connectivity index (χ0v) is 14.0. The third-order valence-electron chi connectivity index (χ3n) is 4.11. The molecular weight excluding hydrogens is 318 g/mol. The van der Waals surface area contributed by atoms with E-state index in [-0.39, 0.29) is 18.6 Å². The van der Waals surface area contributed by atoms with Gasteiger partial charge < -0.3 is 15.0 Å². The fraction of sp³-hybridized carbons (Fsp3) is 0.625. The maximum atomic E-state index is 12.5. The summed E-state index contributed by atoms with van der Waals surface area (Å²) >= 11 is 0. The van der Waals surface area contributed by atoms with E-state index >= 15 is 0 Å². The first-order chi connectivity index (χ1) is 11.5. The number of carbonyl (C=O) groups is 1. The Bertz CT molecular complexity index is 545. The fourth-order valence-corrected chi connectivity index (χ4v) is 2.83. The van der Waals surface area contributed by atoms with Crippen molar-refractivity contribution in [3.05, 3.63) is 24.0 Å². The lowest BCUT2D eigenvalue weighted by atomic mass is 10.1. The summed E-state index contributed by atoms with van der Waals surface area (Å²) < 4.78 is 30.2. The highest BCUT2D eigenvalue weighted by atomic mass is 19.3. The highest BCUT2D eigenvalue weighted by molar-refractivity contribution is 5.74. The molecule has 0 unspecified atom stereocenters. The van der Waals surface area contributed by atoms with Crippen molar-refractivity contribution in [1.82, 2.24) is 20.1 Å². The zero-order valence-electron chi connectivity index (χ0n) is 14.0. The molecule has 1 aliphatic heterocycles. The summed E-state index contributed by atoms with van der Waals surface area (Å²) in [6.07, 6.45) is 1.60. The number of methoxy groups -OCH3 is 1. The van der Waals surface area contributed by atoms with Crippen LogP contribution in [0.15, 0.2) is 18.5 Å². The number of halogens is 2. The first-order valence-corrected chi connectivity index (χ1v) is 8.05. The minimum atomic E-state index is -2.34. The van der Waals surface area contributed by atoms with Gasteiger partial charge in [-0.2, -0.15) is 0 Å². The first-order valence-electron chi connectivity index (χ1n) is 8.05. The van der Waals surface area contributed by atoms with Crippen molar-refractivity contribution >= 4 is 6.03 Å². The van der Waals surface area contributed by atoms with E-state index in [4.69, 9.17) is 4.74 Å². The molecule has 0 radical (unpaired) electrons. The van der Waals surface area contributed by atoms with Crippen LogP contribution in [0.4, 0.5) is 13.6 Å². The van der Waals surface area contributed by atoms with Crippen LogP contribution in [0.2, 0.25) is 0 Å². The van der Waals surface area contributed by atoms with Crippen molar-refractivity contribution in [1.29, 1.82) is 0 Å². The third-order valence-corrected chi connectivity index (χ3v) is 4.11. The molecule has 2 rings (SSSR count). The summed E-state index contributed by atoms with van der Waals surface area (Å²) in [4.78, 5) is 19.8. The topological polar surface area (TPSA) is 57.7 Å². The molecule has 0 spiro atoms. The molecule has 134 valence electrons. The van der Waals surface area contributed by atoms with E-state index in [1.165, 1.54) is 0 Å². The smallest absolute Gasteiger partial charge is 0.317 e. The van der Waals surface area contributed by atoms with Crippen LogP contribution in [0.3, 0.4) is 0 Å². The van der Waals surface area contributed by atoms with Crippen LogP contribution in [0.1, 0.15) is 24.9 Å². The number of urea groups is 1. The van der Waals surface area contributed by atoms with E-state index in [1.807, 2.05) is 6.92 Å². The number of pyridine rings is 1. The summed E-state index contributed by atoms with van der Waals surface area (Å²) in [5, 5.41) is 2.94. The summed E-state index contributed by atoms with van der Waals surface area (Å²) in [5.74, 6) is 0.615. The van der Waals surface area contributed by atoms with E-state index in [0.29, 0.717) is 38.3 Å². The summed E-state index contributed by atoms with van der Waals surface area (Å²) in [5.41, 5.74) is 0.843. The molecule has 1 aliphatic rings. The summed E-state index contributed by atoms with van der Waals surface area (Å²) in [6, 6.07) is 1.37. The van der Waals surface area contributed by atoms with Crippen LogP contribution in [-0.4, -0.2) is 67.1 Å². The minimum Gasteiger partial charge on any atom is -0.495 e. The van der Waals surface area contributed by atoms with E-state index in [2.05, 4.69) is 10.3 Å². The molecule has 2 heterocycles. The van der Waals surface area contributed by atoms with Gasteiger partial charge in [-0.05, 0) is 19.4 Å². The van der Waals surface area contributed by atoms with Gasteiger partial charge in [0.15, 0.2) is 0 Å². The van der Waals surface area contributed by atoms with Gasteiger partial charge in [0.1, 0.15) is 5.75 Å².